The van der Waals surface area contributed by atoms with Crippen molar-refractivity contribution in [3.05, 3.63) is 39.9 Å². The van der Waals surface area contributed by atoms with Crippen molar-refractivity contribution in [2.75, 3.05) is 0 Å². The average Bonchev–Trinajstić information content (AvgIpc) is 2.30. The molecule has 0 aliphatic heterocycles. The van der Waals surface area contributed by atoms with Gasteiger partial charge in [0.1, 0.15) is 0 Å². The maximum atomic E-state index is 11.7. The van der Waals surface area contributed by atoms with Crippen LogP contribution in [0.15, 0.2) is 28.7 Å². The standard InChI is InChI=1S/C16H17BrO/c1-16(2)9-10-3-5-12(18)8-13(10)14-7-11(17)4-6-15(14)16/h4,6-8,10H,3,5,9H2,1-2H3. The first kappa shape index (κ1) is 12.2. The monoisotopic (exact) mass is 304 g/mol. The number of carbonyl (C=O) groups excluding carboxylic acids is 1. The molecule has 2 aliphatic carbocycles. The molecule has 1 nitrogen and oxygen atoms in total. The molecule has 0 amide bonds. The van der Waals surface area contributed by atoms with Crippen molar-refractivity contribution in [1.29, 1.82) is 0 Å². The summed E-state index contributed by atoms with van der Waals surface area (Å²) in [4.78, 5) is 11.7. The molecule has 0 aromatic heterocycles. The highest BCUT2D eigenvalue weighted by molar-refractivity contribution is 9.10. The Labute approximate surface area is 116 Å². The van der Waals surface area contributed by atoms with E-state index in [4.69, 9.17) is 0 Å². The predicted molar refractivity (Wildman–Crippen MR) is 77.5 cm³/mol. The van der Waals surface area contributed by atoms with Gasteiger partial charge in [0.15, 0.2) is 5.78 Å². The molecule has 1 atom stereocenters. The van der Waals surface area contributed by atoms with Crippen LogP contribution in [0.1, 0.15) is 44.2 Å². The summed E-state index contributed by atoms with van der Waals surface area (Å²) in [5, 5.41) is 0. The van der Waals surface area contributed by atoms with E-state index in [1.54, 1.807) is 0 Å². The van der Waals surface area contributed by atoms with Crippen LogP contribution in [0.5, 0.6) is 0 Å². The Morgan fingerprint density at radius 3 is 2.89 bits per heavy atom. The molecule has 0 bridgehead atoms. The lowest BCUT2D eigenvalue weighted by atomic mass is 9.64. The number of carbonyl (C=O) groups is 1. The van der Waals surface area contributed by atoms with Gasteiger partial charge in [-0.3, -0.25) is 4.79 Å². The van der Waals surface area contributed by atoms with Crippen molar-refractivity contribution >= 4 is 27.3 Å². The summed E-state index contributed by atoms with van der Waals surface area (Å²) < 4.78 is 1.09. The second-order valence-corrected chi connectivity index (χ2v) is 7.00. The third kappa shape index (κ3) is 1.87. The minimum atomic E-state index is 0.207. The Balaban J connectivity index is 2.23. The van der Waals surface area contributed by atoms with Gasteiger partial charge in [-0.05, 0) is 59.1 Å². The van der Waals surface area contributed by atoms with E-state index in [9.17, 15) is 4.79 Å². The zero-order chi connectivity index (χ0) is 12.9. The maximum Gasteiger partial charge on any atom is 0.156 e. The van der Waals surface area contributed by atoms with E-state index >= 15 is 0 Å². The smallest absolute Gasteiger partial charge is 0.156 e. The third-order valence-electron chi connectivity index (χ3n) is 4.27. The molecular weight excluding hydrogens is 288 g/mol. The minimum Gasteiger partial charge on any atom is -0.295 e. The molecule has 0 spiro atoms. The summed E-state index contributed by atoms with van der Waals surface area (Å²) >= 11 is 3.55. The highest BCUT2D eigenvalue weighted by Crippen LogP contribution is 2.48. The quantitative estimate of drug-likeness (QED) is 0.690. The van der Waals surface area contributed by atoms with Gasteiger partial charge in [-0.15, -0.1) is 0 Å². The Kier molecular flexibility index (Phi) is 2.74. The summed E-state index contributed by atoms with van der Waals surface area (Å²) in [6, 6.07) is 6.48. The largest absolute Gasteiger partial charge is 0.295 e. The van der Waals surface area contributed by atoms with E-state index in [-0.39, 0.29) is 11.2 Å². The summed E-state index contributed by atoms with van der Waals surface area (Å²) in [6.45, 7) is 4.62. The predicted octanol–water partition coefficient (Wildman–Crippen LogP) is 4.49. The minimum absolute atomic E-state index is 0.207. The SMILES string of the molecule is CC1(C)CC2CCC(=O)C=C2c2cc(Br)ccc21. The molecule has 1 unspecified atom stereocenters. The number of halogens is 1. The number of rotatable bonds is 0. The van der Waals surface area contributed by atoms with Crippen LogP contribution in [0, 0.1) is 5.92 Å². The van der Waals surface area contributed by atoms with E-state index in [0.29, 0.717) is 12.3 Å². The molecule has 0 saturated heterocycles. The van der Waals surface area contributed by atoms with Gasteiger partial charge in [-0.1, -0.05) is 35.8 Å². The van der Waals surface area contributed by atoms with Crippen molar-refractivity contribution in [1.82, 2.24) is 0 Å². The van der Waals surface area contributed by atoms with Crippen molar-refractivity contribution in [2.24, 2.45) is 5.92 Å². The molecule has 94 valence electrons. The first-order chi connectivity index (χ1) is 8.47. The Morgan fingerprint density at radius 1 is 1.33 bits per heavy atom. The first-order valence-corrected chi connectivity index (χ1v) is 7.31. The molecule has 0 saturated carbocycles. The van der Waals surface area contributed by atoms with Crippen molar-refractivity contribution < 1.29 is 4.79 Å². The van der Waals surface area contributed by atoms with E-state index in [0.717, 1.165) is 17.3 Å². The van der Waals surface area contributed by atoms with E-state index in [1.165, 1.54) is 16.7 Å². The first-order valence-electron chi connectivity index (χ1n) is 6.52. The van der Waals surface area contributed by atoms with Crippen LogP contribution in [-0.2, 0) is 10.2 Å². The topological polar surface area (TPSA) is 17.1 Å². The van der Waals surface area contributed by atoms with Gasteiger partial charge in [-0.2, -0.15) is 0 Å². The van der Waals surface area contributed by atoms with Crippen LogP contribution in [0.2, 0.25) is 0 Å². The summed E-state index contributed by atoms with van der Waals surface area (Å²) in [7, 11) is 0. The van der Waals surface area contributed by atoms with Crippen LogP contribution in [-0.4, -0.2) is 5.78 Å². The Morgan fingerprint density at radius 2 is 2.11 bits per heavy atom. The number of fused-ring (bicyclic) bond motifs is 3. The van der Waals surface area contributed by atoms with E-state index < -0.39 is 0 Å². The van der Waals surface area contributed by atoms with Gasteiger partial charge >= 0.3 is 0 Å². The van der Waals surface area contributed by atoms with Gasteiger partial charge in [0.05, 0.1) is 0 Å². The van der Waals surface area contributed by atoms with Gasteiger partial charge in [-0.25, -0.2) is 0 Å². The van der Waals surface area contributed by atoms with Gasteiger partial charge in [0, 0.05) is 10.9 Å². The van der Waals surface area contributed by atoms with E-state index in [2.05, 4.69) is 48.0 Å². The number of hydrogen-bond acceptors (Lipinski definition) is 1. The molecule has 3 rings (SSSR count). The highest BCUT2D eigenvalue weighted by Gasteiger charge is 2.37. The third-order valence-corrected chi connectivity index (χ3v) is 4.77. The van der Waals surface area contributed by atoms with Crippen molar-refractivity contribution in [3.8, 4) is 0 Å². The highest BCUT2D eigenvalue weighted by atomic mass is 79.9. The fraction of sp³-hybridized carbons (Fsp3) is 0.438. The number of benzene rings is 1. The zero-order valence-corrected chi connectivity index (χ0v) is 12.4. The number of ketones is 1. The lowest BCUT2D eigenvalue weighted by Gasteiger charge is -2.40. The van der Waals surface area contributed by atoms with Crippen LogP contribution < -0.4 is 0 Å². The van der Waals surface area contributed by atoms with Gasteiger partial charge in [0.2, 0.25) is 0 Å². The van der Waals surface area contributed by atoms with Crippen LogP contribution in [0.3, 0.4) is 0 Å². The maximum absolute atomic E-state index is 11.7. The molecule has 0 fully saturated rings. The second kappa shape index (κ2) is 4.06. The molecular formula is C16H17BrO. The summed E-state index contributed by atoms with van der Waals surface area (Å²) in [5.41, 5.74) is 4.13. The molecule has 2 heteroatoms. The fourth-order valence-corrected chi connectivity index (χ4v) is 3.78. The van der Waals surface area contributed by atoms with Crippen LogP contribution >= 0.6 is 15.9 Å². The molecule has 1 aromatic rings. The average molecular weight is 305 g/mol. The number of allylic oxidation sites excluding steroid dienone is 2. The van der Waals surface area contributed by atoms with E-state index in [1.807, 2.05) is 6.08 Å². The molecule has 18 heavy (non-hydrogen) atoms. The van der Waals surface area contributed by atoms with Crippen LogP contribution in [0.4, 0.5) is 0 Å². The lowest BCUT2D eigenvalue weighted by Crippen LogP contribution is -2.31. The summed E-state index contributed by atoms with van der Waals surface area (Å²) in [6.07, 6.45) is 4.77. The van der Waals surface area contributed by atoms with Crippen molar-refractivity contribution in [3.63, 3.8) is 0 Å². The molecule has 0 N–H and O–H groups in total. The molecule has 0 heterocycles. The lowest BCUT2D eigenvalue weighted by molar-refractivity contribution is -0.115. The Bertz CT molecular complexity index is 554. The van der Waals surface area contributed by atoms with Gasteiger partial charge in [0.25, 0.3) is 0 Å². The van der Waals surface area contributed by atoms with Crippen molar-refractivity contribution in [2.45, 2.75) is 38.5 Å². The Hall–Kier alpha value is -0.890. The number of hydrogen-bond donors (Lipinski definition) is 0. The normalized spacial score (nSPS) is 25.2. The molecule has 0 radical (unpaired) electrons. The molecule has 1 aromatic carbocycles. The summed E-state index contributed by atoms with van der Waals surface area (Å²) in [5.74, 6) is 0.839. The fourth-order valence-electron chi connectivity index (χ4n) is 3.42. The molecule has 2 aliphatic rings. The van der Waals surface area contributed by atoms with Crippen LogP contribution in [0.25, 0.3) is 5.57 Å². The second-order valence-electron chi connectivity index (χ2n) is 6.08. The van der Waals surface area contributed by atoms with Gasteiger partial charge < -0.3 is 0 Å². The zero-order valence-electron chi connectivity index (χ0n) is 10.8.